The molecule has 0 aromatic heterocycles. The first kappa shape index (κ1) is 42.8. The summed E-state index contributed by atoms with van der Waals surface area (Å²) >= 11 is 44.4. The molecule has 0 aromatic rings. The zero-order valence-electron chi connectivity index (χ0n) is 23.1. The van der Waals surface area contributed by atoms with Crippen LogP contribution in [0, 0.1) is 0 Å². The first-order valence-electron chi connectivity index (χ1n) is 13.8. The average Bonchev–Trinajstić information content (AvgIpc) is 2.87. The van der Waals surface area contributed by atoms with Gasteiger partial charge in [0.05, 0.1) is 26.9 Å². The van der Waals surface area contributed by atoms with Crippen molar-refractivity contribution in [1.29, 1.82) is 0 Å². The molecule has 17 heteroatoms. The van der Waals surface area contributed by atoms with Gasteiger partial charge in [-0.25, -0.2) is 8.37 Å². The molecule has 248 valence electrons. The Balaban J connectivity index is 4.59. The minimum absolute atomic E-state index is 0.289. The van der Waals surface area contributed by atoms with E-state index < -0.39 is 64.7 Å². The van der Waals surface area contributed by atoms with Crippen LogP contribution in [0.5, 0.6) is 0 Å². The fraction of sp³-hybridized carbons (Fsp3) is 1.00. The van der Waals surface area contributed by atoms with Gasteiger partial charge in [0.1, 0.15) is 17.0 Å². The van der Waals surface area contributed by atoms with E-state index in [2.05, 4.69) is 11.1 Å². The quantitative estimate of drug-likeness (QED) is 0.0507. The molecule has 41 heavy (non-hydrogen) atoms. The van der Waals surface area contributed by atoms with E-state index in [1.165, 1.54) is 6.42 Å². The molecular formula is C24H43Cl7O8S2. The van der Waals surface area contributed by atoms with E-state index in [0.717, 1.165) is 64.2 Å². The van der Waals surface area contributed by atoms with Gasteiger partial charge in [-0.1, -0.05) is 107 Å². The molecule has 0 spiro atoms. The number of rotatable bonds is 26. The maximum absolute atomic E-state index is 11.5. The van der Waals surface area contributed by atoms with Gasteiger partial charge in [0.2, 0.25) is 0 Å². The monoisotopic (exact) mass is 768 g/mol. The lowest BCUT2D eigenvalue weighted by atomic mass is 9.99. The van der Waals surface area contributed by atoms with Gasteiger partial charge < -0.3 is 0 Å². The predicted molar refractivity (Wildman–Crippen MR) is 171 cm³/mol. The molecule has 2 N–H and O–H groups in total. The first-order valence-corrected chi connectivity index (χ1v) is 19.4. The van der Waals surface area contributed by atoms with Crippen LogP contribution in [0.2, 0.25) is 0 Å². The largest absolute Gasteiger partial charge is 0.397 e. The van der Waals surface area contributed by atoms with Crippen molar-refractivity contribution in [2.75, 3.05) is 6.61 Å². The maximum Gasteiger partial charge on any atom is 0.397 e. The molecule has 0 radical (unpaired) electrons. The summed E-state index contributed by atoms with van der Waals surface area (Å²) in [5.41, 5.74) is 0. The van der Waals surface area contributed by atoms with Crippen LogP contribution >= 0.6 is 81.2 Å². The molecule has 0 aromatic carbocycles. The molecule has 0 amide bonds. The van der Waals surface area contributed by atoms with Crippen molar-refractivity contribution < 1.29 is 34.3 Å². The van der Waals surface area contributed by atoms with Crippen molar-refractivity contribution in [3.05, 3.63) is 0 Å². The van der Waals surface area contributed by atoms with Crippen LogP contribution in [-0.2, 0) is 29.2 Å². The summed E-state index contributed by atoms with van der Waals surface area (Å²) in [4.78, 5) is 0. The van der Waals surface area contributed by atoms with E-state index in [1.54, 1.807) is 0 Å². The van der Waals surface area contributed by atoms with Crippen molar-refractivity contribution in [2.24, 2.45) is 0 Å². The van der Waals surface area contributed by atoms with Crippen LogP contribution in [0.15, 0.2) is 0 Å². The number of hydrogen-bond donors (Lipinski definition) is 2. The maximum atomic E-state index is 11.5. The van der Waals surface area contributed by atoms with Crippen molar-refractivity contribution in [3.63, 3.8) is 0 Å². The zero-order chi connectivity index (χ0) is 31.7. The highest BCUT2D eigenvalue weighted by Crippen LogP contribution is 2.33. The van der Waals surface area contributed by atoms with Gasteiger partial charge in [0.25, 0.3) is 0 Å². The molecule has 0 fully saturated rings. The van der Waals surface area contributed by atoms with E-state index in [9.17, 15) is 21.4 Å². The number of alkyl halides is 7. The Morgan fingerprint density at radius 1 is 0.634 bits per heavy atom. The summed E-state index contributed by atoms with van der Waals surface area (Å²) in [6, 6.07) is 0. The van der Waals surface area contributed by atoms with Crippen molar-refractivity contribution in [2.45, 2.75) is 141 Å². The van der Waals surface area contributed by atoms with E-state index in [1.807, 2.05) is 0 Å². The topological polar surface area (TPSA) is 127 Å². The van der Waals surface area contributed by atoms with E-state index >= 15 is 0 Å². The van der Waals surface area contributed by atoms with Crippen molar-refractivity contribution >= 4 is 102 Å². The second kappa shape index (κ2) is 22.3. The summed E-state index contributed by atoms with van der Waals surface area (Å²) in [5.74, 6) is 0. The first-order chi connectivity index (χ1) is 18.9. The highest BCUT2D eigenvalue weighted by molar-refractivity contribution is 7.81. The Morgan fingerprint density at radius 3 is 1.54 bits per heavy atom. The van der Waals surface area contributed by atoms with Crippen molar-refractivity contribution in [3.8, 4) is 0 Å². The molecule has 8 nitrogen and oxygen atoms in total. The minimum Gasteiger partial charge on any atom is -0.264 e. The lowest BCUT2D eigenvalue weighted by Gasteiger charge is -2.31. The molecule has 0 bridgehead atoms. The highest BCUT2D eigenvalue weighted by atomic mass is 35.5. The molecule has 0 aliphatic heterocycles. The fourth-order valence-corrected chi connectivity index (χ4v) is 7.35. The number of halogens is 7. The normalized spacial score (nSPS) is 17.6. The molecule has 0 aliphatic rings. The van der Waals surface area contributed by atoms with Gasteiger partial charge in [0, 0.05) is 0 Å². The highest BCUT2D eigenvalue weighted by Gasteiger charge is 2.41. The third kappa shape index (κ3) is 22.9. The second-order valence-electron chi connectivity index (χ2n) is 10.1. The second-order valence-corrected chi connectivity index (χ2v) is 16.5. The van der Waals surface area contributed by atoms with Crippen molar-refractivity contribution in [1.82, 2.24) is 0 Å². The van der Waals surface area contributed by atoms with Crippen LogP contribution in [0.1, 0.15) is 103 Å². The summed E-state index contributed by atoms with van der Waals surface area (Å²) in [7, 11) is -9.49. The third-order valence-corrected chi connectivity index (χ3v) is 10.9. The van der Waals surface area contributed by atoms with Crippen LogP contribution < -0.4 is 0 Å². The Labute approximate surface area is 281 Å². The molecule has 0 rings (SSSR count). The average molecular weight is 772 g/mol. The van der Waals surface area contributed by atoms with Gasteiger partial charge in [-0.3, -0.25) is 9.11 Å². The van der Waals surface area contributed by atoms with E-state index in [0.29, 0.717) is 19.3 Å². The molecule has 6 atom stereocenters. The fourth-order valence-electron chi connectivity index (χ4n) is 4.11. The summed E-state index contributed by atoms with van der Waals surface area (Å²) < 4.78 is 69.8. The summed E-state index contributed by atoms with van der Waals surface area (Å²) in [6.45, 7) is 1.59. The molecule has 0 heterocycles. The SMILES string of the molecule is CCCCCCCC[C@H](Cl)[C@@H](Cl)[C@@H](OS(=O)(=O)O)[C@H](Cl)[C@@H](Cl)[C@H](Cl)CCCCCCCCC(Cl)(Cl)COS(=O)(=O)O. The molecule has 0 saturated carbocycles. The Morgan fingerprint density at radius 2 is 1.07 bits per heavy atom. The van der Waals surface area contributed by atoms with Gasteiger partial charge >= 0.3 is 20.8 Å². The van der Waals surface area contributed by atoms with Gasteiger partial charge in [0.15, 0.2) is 0 Å². The summed E-state index contributed by atoms with van der Waals surface area (Å²) in [6.07, 6.45) is 10.9. The Kier molecular flexibility index (Phi) is 23.3. The Bertz CT molecular complexity index is 896. The standard InChI is InChI=1S/C24H43Cl7O8S2/c1-2-3-4-5-8-12-15-19(26)21(28)23(39-41(35,36)37)22(29)20(27)18(25)14-11-9-6-7-10-13-16-24(30,31)17-38-40(32,33)34/h18-23H,2-17H2,1H3,(H,32,33,34)(H,35,36,37)/t18-,19+,20+,21-,22-,23-/m1/s1. The van der Waals surface area contributed by atoms with Crippen LogP contribution in [0.3, 0.4) is 0 Å². The van der Waals surface area contributed by atoms with Gasteiger partial charge in [-0.2, -0.15) is 16.8 Å². The lowest BCUT2D eigenvalue weighted by Crippen LogP contribution is -2.46. The molecular weight excluding hydrogens is 729 g/mol. The number of unbranched alkanes of at least 4 members (excludes halogenated alkanes) is 10. The van der Waals surface area contributed by atoms with Crippen LogP contribution in [0.25, 0.3) is 0 Å². The third-order valence-electron chi connectivity index (χ3n) is 6.38. The lowest BCUT2D eigenvalue weighted by molar-refractivity contribution is 0.166. The van der Waals surface area contributed by atoms with E-state index in [-0.39, 0.29) is 6.42 Å². The predicted octanol–water partition coefficient (Wildman–Crippen LogP) is 9.08. The molecule has 0 unspecified atom stereocenters. The Hall–Kier alpha value is 1.77. The summed E-state index contributed by atoms with van der Waals surface area (Å²) in [5, 5.41) is -4.40. The minimum atomic E-state index is -4.88. The number of hydrogen-bond acceptors (Lipinski definition) is 6. The smallest absolute Gasteiger partial charge is 0.264 e. The molecule has 0 saturated heterocycles. The van der Waals surface area contributed by atoms with Gasteiger partial charge in [-0.05, 0) is 19.3 Å². The molecule has 0 aliphatic carbocycles. The van der Waals surface area contributed by atoms with Gasteiger partial charge in [-0.15, -0.1) is 58.0 Å². The van der Waals surface area contributed by atoms with E-state index in [4.69, 9.17) is 89.9 Å². The zero-order valence-corrected chi connectivity index (χ0v) is 30.0. The van der Waals surface area contributed by atoms with Crippen LogP contribution in [0.4, 0.5) is 0 Å². The van der Waals surface area contributed by atoms with Crippen LogP contribution in [-0.4, -0.2) is 69.9 Å².